The Bertz CT molecular complexity index is 586. The van der Waals surface area contributed by atoms with Crippen molar-refractivity contribution in [1.29, 1.82) is 0 Å². The highest BCUT2D eigenvalue weighted by molar-refractivity contribution is 6.19. The molecule has 2 heterocycles. The summed E-state index contributed by atoms with van der Waals surface area (Å²) in [5.74, 6) is 0.219. The first-order valence-corrected chi connectivity index (χ1v) is 6.02. The number of hydrogen-bond acceptors (Lipinski definition) is 3. The maximum Gasteiger partial charge on any atom is 0.262 e. The van der Waals surface area contributed by atoms with Gasteiger partial charge >= 0.3 is 0 Å². The zero-order chi connectivity index (χ0) is 12.5. The van der Waals surface area contributed by atoms with Gasteiger partial charge in [0.05, 0.1) is 5.69 Å². The van der Waals surface area contributed by atoms with Gasteiger partial charge in [-0.2, -0.15) is 5.01 Å². The van der Waals surface area contributed by atoms with E-state index in [1.807, 2.05) is 30.3 Å². The van der Waals surface area contributed by atoms with Crippen molar-refractivity contribution in [1.82, 2.24) is 0 Å². The largest absolute Gasteiger partial charge is 0.271 e. The fourth-order valence-electron chi connectivity index (χ4n) is 2.10. The molecular formula is C14H13N3O. The minimum absolute atomic E-state index is 0.0358. The van der Waals surface area contributed by atoms with Crippen LogP contribution in [0.3, 0.4) is 0 Å². The van der Waals surface area contributed by atoms with E-state index >= 15 is 0 Å². The van der Waals surface area contributed by atoms with Gasteiger partial charge in [0.15, 0.2) is 5.84 Å². The Kier molecular flexibility index (Phi) is 2.55. The van der Waals surface area contributed by atoms with Crippen LogP contribution in [0.4, 0.5) is 5.69 Å². The summed E-state index contributed by atoms with van der Waals surface area (Å²) in [5, 5.41) is 5.74. The quantitative estimate of drug-likeness (QED) is 0.780. The lowest BCUT2D eigenvalue weighted by molar-refractivity contribution is -0.118. The summed E-state index contributed by atoms with van der Waals surface area (Å²) in [4.78, 5) is 16.4. The van der Waals surface area contributed by atoms with Gasteiger partial charge in [-0.3, -0.25) is 4.79 Å². The van der Waals surface area contributed by atoms with Gasteiger partial charge in [-0.25, -0.2) is 4.99 Å². The van der Waals surface area contributed by atoms with Gasteiger partial charge in [0, 0.05) is 6.21 Å². The predicted molar refractivity (Wildman–Crippen MR) is 71.9 cm³/mol. The Hall–Kier alpha value is -2.23. The van der Waals surface area contributed by atoms with E-state index in [9.17, 15) is 4.79 Å². The molecule has 0 radical (unpaired) electrons. The minimum Gasteiger partial charge on any atom is -0.271 e. The van der Waals surface area contributed by atoms with Gasteiger partial charge in [-0.1, -0.05) is 25.1 Å². The number of carbonyl (C=O) groups is 1. The summed E-state index contributed by atoms with van der Waals surface area (Å²) in [6.07, 6.45) is 6.22. The van der Waals surface area contributed by atoms with Crippen LogP contribution in [-0.2, 0) is 11.2 Å². The molecule has 0 aromatic heterocycles. The molecule has 0 saturated heterocycles. The minimum atomic E-state index is -0.319. The average Bonchev–Trinajstić information content (AvgIpc) is 2.77. The predicted octanol–water partition coefficient (Wildman–Crippen LogP) is 2.17. The highest BCUT2D eigenvalue weighted by Gasteiger charge is 2.35. The van der Waals surface area contributed by atoms with Gasteiger partial charge in [0.1, 0.15) is 5.92 Å². The number of fused-ring (bicyclic) bond motifs is 1. The monoisotopic (exact) mass is 239 g/mol. The number of carbonyl (C=O) groups excluding carboxylic acids is 1. The third-order valence-electron chi connectivity index (χ3n) is 3.12. The van der Waals surface area contributed by atoms with Gasteiger partial charge in [0.2, 0.25) is 0 Å². The van der Waals surface area contributed by atoms with Crippen molar-refractivity contribution >= 4 is 23.6 Å². The van der Waals surface area contributed by atoms with Crippen molar-refractivity contribution < 1.29 is 4.79 Å². The van der Waals surface area contributed by atoms with E-state index in [0.717, 1.165) is 12.1 Å². The molecule has 0 bridgehead atoms. The number of aliphatic imine (C=N–C) groups is 1. The molecule has 4 heteroatoms. The third-order valence-corrected chi connectivity index (χ3v) is 3.12. The van der Waals surface area contributed by atoms with Gasteiger partial charge < -0.3 is 0 Å². The van der Waals surface area contributed by atoms with Crippen molar-refractivity contribution in [2.45, 2.75) is 13.3 Å². The van der Waals surface area contributed by atoms with Crippen LogP contribution in [0.5, 0.6) is 0 Å². The number of anilines is 1. The highest BCUT2D eigenvalue weighted by Crippen LogP contribution is 2.26. The molecule has 1 aromatic rings. The zero-order valence-electron chi connectivity index (χ0n) is 10.1. The second-order valence-corrected chi connectivity index (χ2v) is 4.27. The number of benzene rings is 1. The smallest absolute Gasteiger partial charge is 0.262 e. The molecule has 3 rings (SSSR count). The lowest BCUT2D eigenvalue weighted by Gasteiger charge is -2.13. The number of rotatable bonds is 2. The fourth-order valence-corrected chi connectivity index (χ4v) is 2.10. The fraction of sp³-hybridized carbons (Fsp3) is 0.214. The molecule has 2 aliphatic heterocycles. The van der Waals surface area contributed by atoms with Crippen LogP contribution >= 0.6 is 0 Å². The Labute approximate surface area is 105 Å². The van der Waals surface area contributed by atoms with Crippen LogP contribution in [0, 0.1) is 5.92 Å². The summed E-state index contributed by atoms with van der Waals surface area (Å²) in [6, 6.07) is 7.88. The summed E-state index contributed by atoms with van der Waals surface area (Å²) < 4.78 is 0. The zero-order valence-corrected chi connectivity index (χ0v) is 10.1. The van der Waals surface area contributed by atoms with Crippen LogP contribution in [0.25, 0.3) is 0 Å². The maximum atomic E-state index is 12.2. The maximum absolute atomic E-state index is 12.2. The molecular weight excluding hydrogens is 226 g/mol. The van der Waals surface area contributed by atoms with E-state index in [4.69, 9.17) is 0 Å². The van der Waals surface area contributed by atoms with Crippen LogP contribution in [0.2, 0.25) is 0 Å². The molecule has 0 fully saturated rings. The van der Waals surface area contributed by atoms with E-state index in [1.165, 1.54) is 10.6 Å². The Morgan fingerprint density at radius 1 is 1.39 bits per heavy atom. The second-order valence-electron chi connectivity index (χ2n) is 4.27. The first-order chi connectivity index (χ1) is 8.79. The van der Waals surface area contributed by atoms with Crippen molar-refractivity contribution in [3.8, 4) is 0 Å². The van der Waals surface area contributed by atoms with Crippen LogP contribution in [0.1, 0.15) is 12.5 Å². The van der Waals surface area contributed by atoms with Crippen molar-refractivity contribution in [2.75, 3.05) is 5.01 Å². The number of amides is 1. The van der Waals surface area contributed by atoms with Crippen molar-refractivity contribution in [3.05, 3.63) is 42.0 Å². The molecule has 2 aliphatic rings. The molecule has 90 valence electrons. The lowest BCUT2D eigenvalue weighted by Crippen LogP contribution is -2.26. The second kappa shape index (κ2) is 4.22. The number of dihydropyridines is 1. The number of aryl methyl sites for hydroxylation is 1. The molecule has 0 N–H and O–H groups in total. The molecule has 1 aromatic carbocycles. The topological polar surface area (TPSA) is 45.0 Å². The molecule has 1 unspecified atom stereocenters. The Morgan fingerprint density at radius 3 is 3.06 bits per heavy atom. The molecule has 0 aliphatic carbocycles. The SMILES string of the molecule is CCc1cccc(N2N=C3N=CC=CC3C2=O)c1. The van der Waals surface area contributed by atoms with E-state index in [-0.39, 0.29) is 11.8 Å². The normalized spacial score (nSPS) is 21.2. The van der Waals surface area contributed by atoms with Gasteiger partial charge in [0.25, 0.3) is 5.91 Å². The van der Waals surface area contributed by atoms with Gasteiger partial charge in [-0.15, -0.1) is 5.10 Å². The first-order valence-electron chi connectivity index (χ1n) is 6.02. The van der Waals surface area contributed by atoms with E-state index in [1.54, 1.807) is 12.3 Å². The van der Waals surface area contributed by atoms with Crippen LogP contribution in [-0.4, -0.2) is 18.0 Å². The summed E-state index contributed by atoms with van der Waals surface area (Å²) in [6.45, 7) is 2.09. The van der Waals surface area contributed by atoms with Crippen molar-refractivity contribution in [2.24, 2.45) is 16.0 Å². The van der Waals surface area contributed by atoms with Gasteiger partial charge in [-0.05, 0) is 30.2 Å². The summed E-state index contributed by atoms with van der Waals surface area (Å²) in [5.41, 5.74) is 2.00. The highest BCUT2D eigenvalue weighted by atomic mass is 16.2. The van der Waals surface area contributed by atoms with Crippen molar-refractivity contribution in [3.63, 3.8) is 0 Å². The summed E-state index contributed by atoms with van der Waals surface area (Å²) in [7, 11) is 0. The first kappa shape index (κ1) is 10.9. The average molecular weight is 239 g/mol. The van der Waals surface area contributed by atoms with Crippen LogP contribution < -0.4 is 5.01 Å². The summed E-state index contributed by atoms with van der Waals surface area (Å²) >= 11 is 0. The molecule has 1 atom stereocenters. The number of hydrogen-bond donors (Lipinski definition) is 0. The molecule has 4 nitrogen and oxygen atoms in total. The third kappa shape index (κ3) is 1.66. The standard InChI is InChI=1S/C14H13N3O/c1-2-10-5-3-6-11(9-10)17-14(18)12-7-4-8-15-13(12)16-17/h3-9,12H,2H2,1H3. The number of allylic oxidation sites excluding steroid dienone is 1. The number of amidine groups is 1. The number of nitrogens with zero attached hydrogens (tertiary/aromatic N) is 3. The van der Waals surface area contributed by atoms with Crippen LogP contribution in [0.15, 0.2) is 46.5 Å². The molecule has 0 saturated carbocycles. The molecule has 18 heavy (non-hydrogen) atoms. The van der Waals surface area contributed by atoms with E-state index in [2.05, 4.69) is 17.0 Å². The Morgan fingerprint density at radius 2 is 2.28 bits per heavy atom. The van der Waals surface area contributed by atoms with E-state index < -0.39 is 0 Å². The van der Waals surface area contributed by atoms with E-state index in [0.29, 0.717) is 5.84 Å². The lowest BCUT2D eigenvalue weighted by atomic mass is 10.1. The molecule has 0 spiro atoms. The number of hydrazone groups is 1. The Balaban J connectivity index is 1.98. The molecule has 1 amide bonds.